The van der Waals surface area contributed by atoms with E-state index in [1.165, 1.54) is 24.6 Å². The van der Waals surface area contributed by atoms with E-state index in [1.807, 2.05) is 12.1 Å². The van der Waals surface area contributed by atoms with Crippen molar-refractivity contribution in [3.63, 3.8) is 0 Å². The Balaban J connectivity index is 1.40. The van der Waals surface area contributed by atoms with Crippen LogP contribution in [0.2, 0.25) is 5.02 Å². The van der Waals surface area contributed by atoms with Gasteiger partial charge in [0.25, 0.3) is 5.91 Å². The van der Waals surface area contributed by atoms with Crippen LogP contribution in [0.3, 0.4) is 0 Å². The van der Waals surface area contributed by atoms with Crippen molar-refractivity contribution >= 4 is 35.8 Å². The van der Waals surface area contributed by atoms with Crippen LogP contribution in [0.1, 0.15) is 56.7 Å². The van der Waals surface area contributed by atoms with Gasteiger partial charge in [-0.3, -0.25) is 24.5 Å². The maximum atomic E-state index is 14.7. The van der Waals surface area contributed by atoms with Crippen LogP contribution in [0.5, 0.6) is 0 Å². The number of nitrogens with one attached hydrogen (secondary N) is 2. The summed E-state index contributed by atoms with van der Waals surface area (Å²) >= 11 is 6.04. The summed E-state index contributed by atoms with van der Waals surface area (Å²) in [5, 5.41) is 6.60. The number of carbonyl (C=O) groups is 2. The van der Waals surface area contributed by atoms with Gasteiger partial charge in [0.2, 0.25) is 12.1 Å². The summed E-state index contributed by atoms with van der Waals surface area (Å²) in [7, 11) is 0. The molecule has 0 saturated carbocycles. The van der Waals surface area contributed by atoms with Crippen molar-refractivity contribution < 1.29 is 18.4 Å². The van der Waals surface area contributed by atoms with E-state index >= 15 is 0 Å². The molecule has 2 aliphatic rings. The normalized spacial score (nSPS) is 20.4. The maximum absolute atomic E-state index is 14.7. The monoisotopic (exact) mass is 557 g/mol. The van der Waals surface area contributed by atoms with Crippen LogP contribution >= 0.6 is 11.6 Å². The third kappa shape index (κ3) is 7.28. The van der Waals surface area contributed by atoms with E-state index in [2.05, 4.69) is 46.3 Å². The Labute approximate surface area is 232 Å². The van der Waals surface area contributed by atoms with Gasteiger partial charge in [0.05, 0.1) is 12.0 Å². The SMILES string of the molecule is CC(C)(C)N1C[C@@H](C(=O)NCCC[C@H](NC(=O)C2N=CC=N2)c2ccc(Cl)cc2)[C@H](c2ccc(F)cc2F)C1. The summed E-state index contributed by atoms with van der Waals surface area (Å²) in [6, 6.07) is 10.5. The molecule has 1 fully saturated rings. The number of amides is 2. The Kier molecular flexibility index (Phi) is 9.12. The molecule has 3 atom stereocenters. The van der Waals surface area contributed by atoms with Gasteiger partial charge in [0, 0.05) is 54.6 Å². The zero-order valence-corrected chi connectivity index (χ0v) is 23.1. The smallest absolute Gasteiger partial charge is 0.267 e. The fraction of sp³-hybridized carbons (Fsp3) is 0.448. The lowest BCUT2D eigenvalue weighted by molar-refractivity contribution is -0.125. The predicted octanol–water partition coefficient (Wildman–Crippen LogP) is 4.67. The zero-order chi connectivity index (χ0) is 28.2. The largest absolute Gasteiger partial charge is 0.356 e. The molecule has 2 N–H and O–H groups in total. The Morgan fingerprint density at radius 1 is 1.05 bits per heavy atom. The van der Waals surface area contributed by atoms with Crippen molar-refractivity contribution in [3.05, 3.63) is 70.2 Å². The Bertz CT molecular complexity index is 1230. The third-order valence-electron chi connectivity index (χ3n) is 7.28. The molecule has 2 aromatic rings. The molecule has 0 radical (unpaired) electrons. The van der Waals surface area contributed by atoms with E-state index in [9.17, 15) is 18.4 Å². The van der Waals surface area contributed by atoms with Gasteiger partial charge in [-0.25, -0.2) is 8.78 Å². The molecule has 10 heteroatoms. The standard InChI is InChI=1S/C29H34ClF2N5O2/c1-29(2,3)37-16-22(21-11-10-20(31)15-24(21)32)23(17-37)27(38)35-12-4-5-25(18-6-8-19(30)9-7-18)36-28(39)26-33-13-14-34-26/h6-11,13-15,22-23,25-26H,4-5,12,16-17H2,1-3H3,(H,35,38)(H,36,39)/t22-,23+,25-/m0/s1. The highest BCUT2D eigenvalue weighted by molar-refractivity contribution is 6.30. The second kappa shape index (κ2) is 12.3. The lowest BCUT2D eigenvalue weighted by Crippen LogP contribution is -2.41. The lowest BCUT2D eigenvalue weighted by Gasteiger charge is -2.31. The molecule has 4 rings (SSSR count). The summed E-state index contributed by atoms with van der Waals surface area (Å²) in [6.07, 6.45) is 3.33. The molecule has 2 heterocycles. The summed E-state index contributed by atoms with van der Waals surface area (Å²) in [5.74, 6) is -2.62. The lowest BCUT2D eigenvalue weighted by atomic mass is 9.88. The molecule has 0 bridgehead atoms. The maximum Gasteiger partial charge on any atom is 0.267 e. The van der Waals surface area contributed by atoms with Crippen molar-refractivity contribution in [1.82, 2.24) is 15.5 Å². The van der Waals surface area contributed by atoms with Gasteiger partial charge in [-0.15, -0.1) is 0 Å². The van der Waals surface area contributed by atoms with Gasteiger partial charge in [0.1, 0.15) is 11.6 Å². The topological polar surface area (TPSA) is 86.2 Å². The first-order chi connectivity index (χ1) is 18.5. The summed E-state index contributed by atoms with van der Waals surface area (Å²) in [4.78, 5) is 36.2. The number of hydrogen-bond acceptors (Lipinski definition) is 5. The number of aliphatic imine (C=N–C) groups is 2. The molecule has 2 amide bonds. The third-order valence-corrected chi connectivity index (χ3v) is 7.53. The number of hydrogen-bond donors (Lipinski definition) is 2. The van der Waals surface area contributed by atoms with Crippen molar-refractivity contribution in [2.24, 2.45) is 15.9 Å². The van der Waals surface area contributed by atoms with Gasteiger partial charge in [-0.1, -0.05) is 29.8 Å². The molecule has 0 aliphatic carbocycles. The number of rotatable bonds is 9. The van der Waals surface area contributed by atoms with Crippen LogP contribution in [-0.2, 0) is 9.59 Å². The van der Waals surface area contributed by atoms with Crippen molar-refractivity contribution in [2.45, 2.75) is 57.3 Å². The number of benzene rings is 2. The van der Waals surface area contributed by atoms with E-state index in [0.717, 1.165) is 11.6 Å². The fourth-order valence-corrected chi connectivity index (χ4v) is 5.19. The molecule has 1 saturated heterocycles. The molecular formula is C29H34ClF2N5O2. The van der Waals surface area contributed by atoms with Crippen LogP contribution in [0, 0.1) is 17.6 Å². The number of carbonyl (C=O) groups excluding carboxylic acids is 2. The minimum absolute atomic E-state index is 0.169. The van der Waals surface area contributed by atoms with E-state index < -0.39 is 29.6 Å². The summed E-state index contributed by atoms with van der Waals surface area (Å²) in [6.45, 7) is 7.52. The van der Waals surface area contributed by atoms with Crippen molar-refractivity contribution in [3.8, 4) is 0 Å². The quantitative estimate of drug-likeness (QED) is 0.439. The Morgan fingerprint density at radius 2 is 1.74 bits per heavy atom. The molecule has 39 heavy (non-hydrogen) atoms. The molecule has 0 unspecified atom stereocenters. The Morgan fingerprint density at radius 3 is 2.38 bits per heavy atom. The van der Waals surface area contributed by atoms with Gasteiger partial charge >= 0.3 is 0 Å². The Hall–Kier alpha value is -3.17. The second-order valence-electron chi connectivity index (χ2n) is 11.0. The fourth-order valence-electron chi connectivity index (χ4n) is 5.06. The molecular weight excluding hydrogens is 524 g/mol. The van der Waals surface area contributed by atoms with E-state index in [4.69, 9.17) is 11.6 Å². The molecule has 0 aromatic heterocycles. The number of likely N-dealkylation sites (tertiary alicyclic amines) is 1. The van der Waals surface area contributed by atoms with Gasteiger partial charge in [0.15, 0.2) is 0 Å². The molecule has 2 aliphatic heterocycles. The number of nitrogens with zero attached hydrogens (tertiary/aromatic N) is 3. The first-order valence-electron chi connectivity index (χ1n) is 13.1. The highest BCUT2D eigenvalue weighted by Gasteiger charge is 2.42. The van der Waals surface area contributed by atoms with Gasteiger partial charge in [-0.2, -0.15) is 0 Å². The van der Waals surface area contributed by atoms with Crippen LogP contribution < -0.4 is 10.6 Å². The minimum Gasteiger partial charge on any atom is -0.356 e. The minimum atomic E-state index is -0.795. The van der Waals surface area contributed by atoms with Crippen LogP contribution in [0.15, 0.2) is 52.4 Å². The number of halogens is 3. The van der Waals surface area contributed by atoms with Crippen molar-refractivity contribution in [1.29, 1.82) is 0 Å². The first kappa shape index (κ1) is 28.8. The second-order valence-corrected chi connectivity index (χ2v) is 11.4. The first-order valence-corrected chi connectivity index (χ1v) is 13.5. The predicted molar refractivity (Wildman–Crippen MR) is 149 cm³/mol. The van der Waals surface area contributed by atoms with Crippen molar-refractivity contribution in [2.75, 3.05) is 19.6 Å². The van der Waals surface area contributed by atoms with E-state index in [0.29, 0.717) is 43.1 Å². The van der Waals surface area contributed by atoms with Gasteiger partial charge in [-0.05, 0) is 62.9 Å². The zero-order valence-electron chi connectivity index (χ0n) is 22.3. The van der Waals surface area contributed by atoms with Crippen LogP contribution in [0.25, 0.3) is 0 Å². The molecule has 0 spiro atoms. The average molecular weight is 558 g/mol. The molecule has 208 valence electrons. The van der Waals surface area contributed by atoms with Gasteiger partial charge < -0.3 is 10.6 Å². The average Bonchev–Trinajstić information content (AvgIpc) is 3.57. The van der Waals surface area contributed by atoms with Crippen LogP contribution in [0.4, 0.5) is 8.78 Å². The highest BCUT2D eigenvalue weighted by atomic mass is 35.5. The highest BCUT2D eigenvalue weighted by Crippen LogP contribution is 2.37. The molecule has 7 nitrogen and oxygen atoms in total. The summed E-state index contributed by atoms with van der Waals surface area (Å²) < 4.78 is 28.3. The van der Waals surface area contributed by atoms with E-state index in [1.54, 1.807) is 12.1 Å². The molecule has 2 aromatic carbocycles. The summed E-state index contributed by atoms with van der Waals surface area (Å²) in [5.41, 5.74) is 1.03. The van der Waals surface area contributed by atoms with Crippen LogP contribution in [-0.4, -0.2) is 60.5 Å². The van der Waals surface area contributed by atoms with E-state index in [-0.39, 0.29) is 23.4 Å².